The van der Waals surface area contributed by atoms with Crippen LogP contribution in [0, 0.1) is 6.92 Å². The van der Waals surface area contributed by atoms with Crippen LogP contribution in [-0.4, -0.2) is 17.0 Å². The second-order valence-corrected chi connectivity index (χ2v) is 4.53. The van der Waals surface area contributed by atoms with Gasteiger partial charge in [-0.25, -0.2) is 9.97 Å². The van der Waals surface area contributed by atoms with Crippen molar-refractivity contribution in [2.45, 2.75) is 6.92 Å². The van der Waals surface area contributed by atoms with Gasteiger partial charge < -0.3 is 5.32 Å². The Bertz CT molecular complexity index is 735. The van der Waals surface area contributed by atoms with E-state index in [-0.39, 0.29) is 0 Å². The molecule has 3 rings (SSSR count). The molecule has 0 unspecified atom stereocenters. The Morgan fingerprint density at radius 2 is 1.79 bits per heavy atom. The number of aromatic nitrogens is 2. The van der Waals surface area contributed by atoms with Crippen LogP contribution in [0.3, 0.4) is 0 Å². The van der Waals surface area contributed by atoms with Crippen LogP contribution in [0.4, 0.5) is 5.82 Å². The van der Waals surface area contributed by atoms with Crippen molar-refractivity contribution in [3.05, 3.63) is 54.1 Å². The maximum atomic E-state index is 4.64. The van der Waals surface area contributed by atoms with Gasteiger partial charge in [-0.2, -0.15) is 0 Å². The predicted molar refractivity (Wildman–Crippen MR) is 79.3 cm³/mol. The topological polar surface area (TPSA) is 37.8 Å². The molecule has 2 aromatic carbocycles. The number of rotatable bonds is 2. The van der Waals surface area contributed by atoms with Crippen LogP contribution in [-0.2, 0) is 0 Å². The molecule has 1 aromatic heterocycles. The number of hydrogen-bond donors (Lipinski definition) is 1. The van der Waals surface area contributed by atoms with Crippen molar-refractivity contribution in [3.63, 3.8) is 0 Å². The van der Waals surface area contributed by atoms with E-state index < -0.39 is 0 Å². The van der Waals surface area contributed by atoms with Crippen LogP contribution in [0.2, 0.25) is 0 Å². The molecular formula is C16H15N3. The molecule has 3 aromatic rings. The second-order valence-electron chi connectivity index (χ2n) is 4.53. The van der Waals surface area contributed by atoms with Crippen LogP contribution in [0.25, 0.3) is 22.3 Å². The molecule has 0 bridgehead atoms. The van der Waals surface area contributed by atoms with Crippen molar-refractivity contribution < 1.29 is 0 Å². The zero-order valence-corrected chi connectivity index (χ0v) is 11.0. The average molecular weight is 249 g/mol. The molecule has 0 radical (unpaired) electrons. The highest BCUT2D eigenvalue weighted by Crippen LogP contribution is 2.24. The fourth-order valence-corrected chi connectivity index (χ4v) is 2.18. The van der Waals surface area contributed by atoms with Gasteiger partial charge in [0.05, 0.1) is 5.52 Å². The van der Waals surface area contributed by atoms with Gasteiger partial charge in [-0.15, -0.1) is 0 Å². The van der Waals surface area contributed by atoms with E-state index in [0.29, 0.717) is 0 Å². The van der Waals surface area contributed by atoms with Crippen molar-refractivity contribution in [2.75, 3.05) is 12.4 Å². The van der Waals surface area contributed by atoms with Crippen molar-refractivity contribution in [1.82, 2.24) is 9.97 Å². The molecule has 0 saturated heterocycles. The minimum atomic E-state index is 0.756. The number of para-hydroxylation sites is 1. The molecule has 3 heteroatoms. The molecule has 0 spiro atoms. The van der Waals surface area contributed by atoms with E-state index in [1.807, 2.05) is 43.4 Å². The summed E-state index contributed by atoms with van der Waals surface area (Å²) in [6, 6.07) is 16.3. The molecule has 19 heavy (non-hydrogen) atoms. The van der Waals surface area contributed by atoms with E-state index in [2.05, 4.69) is 34.3 Å². The van der Waals surface area contributed by atoms with Gasteiger partial charge in [0, 0.05) is 18.0 Å². The summed E-state index contributed by atoms with van der Waals surface area (Å²) >= 11 is 0. The third-order valence-electron chi connectivity index (χ3n) is 3.12. The van der Waals surface area contributed by atoms with E-state index in [0.717, 1.165) is 28.1 Å². The largest absolute Gasteiger partial charge is 0.373 e. The van der Waals surface area contributed by atoms with Crippen LogP contribution < -0.4 is 5.32 Å². The minimum Gasteiger partial charge on any atom is -0.373 e. The molecule has 3 nitrogen and oxygen atoms in total. The zero-order chi connectivity index (χ0) is 13.2. The lowest BCUT2D eigenvalue weighted by molar-refractivity contribution is 1.21. The summed E-state index contributed by atoms with van der Waals surface area (Å²) in [7, 11) is 1.88. The lowest BCUT2D eigenvalue weighted by Crippen LogP contribution is -1.98. The smallest absolute Gasteiger partial charge is 0.162 e. The van der Waals surface area contributed by atoms with Gasteiger partial charge >= 0.3 is 0 Å². The predicted octanol–water partition coefficient (Wildman–Crippen LogP) is 3.65. The van der Waals surface area contributed by atoms with E-state index in [1.165, 1.54) is 5.56 Å². The molecular weight excluding hydrogens is 234 g/mol. The number of fused-ring (bicyclic) bond motifs is 1. The van der Waals surface area contributed by atoms with E-state index in [1.54, 1.807) is 0 Å². The summed E-state index contributed by atoms with van der Waals surface area (Å²) in [6.07, 6.45) is 0. The quantitative estimate of drug-likeness (QED) is 0.753. The first-order valence-electron chi connectivity index (χ1n) is 6.29. The first kappa shape index (κ1) is 11.7. The first-order valence-corrected chi connectivity index (χ1v) is 6.29. The molecule has 0 amide bonds. The maximum Gasteiger partial charge on any atom is 0.162 e. The fraction of sp³-hybridized carbons (Fsp3) is 0.125. The summed E-state index contributed by atoms with van der Waals surface area (Å²) in [5.74, 6) is 1.62. The minimum absolute atomic E-state index is 0.756. The average Bonchev–Trinajstić information content (AvgIpc) is 2.46. The van der Waals surface area contributed by atoms with Crippen molar-refractivity contribution >= 4 is 16.7 Å². The molecule has 94 valence electrons. The monoisotopic (exact) mass is 249 g/mol. The number of benzene rings is 2. The standard InChI is InChI=1S/C16H15N3/c1-11-6-5-7-12(10-11)15-18-14-9-4-3-8-13(14)16(17-2)19-15/h3-10H,1-2H3,(H,17,18,19). The summed E-state index contributed by atoms with van der Waals surface area (Å²) in [5.41, 5.74) is 3.21. The number of hydrogen-bond acceptors (Lipinski definition) is 3. The summed E-state index contributed by atoms with van der Waals surface area (Å²) < 4.78 is 0. The van der Waals surface area contributed by atoms with Gasteiger partial charge in [-0.05, 0) is 25.1 Å². The van der Waals surface area contributed by atoms with Crippen molar-refractivity contribution in [1.29, 1.82) is 0 Å². The van der Waals surface area contributed by atoms with Crippen LogP contribution >= 0.6 is 0 Å². The first-order chi connectivity index (χ1) is 9.28. The zero-order valence-electron chi connectivity index (χ0n) is 11.0. The SMILES string of the molecule is CNc1nc(-c2cccc(C)c2)nc2ccccc12. The lowest BCUT2D eigenvalue weighted by atomic mass is 10.1. The van der Waals surface area contributed by atoms with E-state index in [4.69, 9.17) is 0 Å². The van der Waals surface area contributed by atoms with Gasteiger partial charge in [-0.3, -0.25) is 0 Å². The number of aryl methyl sites for hydroxylation is 1. The molecule has 0 aliphatic carbocycles. The second kappa shape index (κ2) is 4.69. The van der Waals surface area contributed by atoms with Crippen LogP contribution in [0.5, 0.6) is 0 Å². The Labute approximate surface area is 112 Å². The van der Waals surface area contributed by atoms with Gasteiger partial charge in [0.25, 0.3) is 0 Å². The van der Waals surface area contributed by atoms with Crippen molar-refractivity contribution in [3.8, 4) is 11.4 Å². The summed E-state index contributed by atoms with van der Waals surface area (Å²) in [4.78, 5) is 9.25. The Balaban J connectivity index is 2.25. The van der Waals surface area contributed by atoms with E-state index >= 15 is 0 Å². The van der Waals surface area contributed by atoms with E-state index in [9.17, 15) is 0 Å². The molecule has 0 atom stereocenters. The third kappa shape index (κ3) is 2.15. The van der Waals surface area contributed by atoms with Gasteiger partial charge in [0.1, 0.15) is 5.82 Å². The Morgan fingerprint density at radius 3 is 2.58 bits per heavy atom. The number of nitrogens with one attached hydrogen (secondary N) is 1. The van der Waals surface area contributed by atoms with Gasteiger partial charge in [0.15, 0.2) is 5.82 Å². The fourth-order valence-electron chi connectivity index (χ4n) is 2.18. The number of anilines is 1. The Hall–Kier alpha value is -2.42. The lowest BCUT2D eigenvalue weighted by Gasteiger charge is -2.08. The highest BCUT2D eigenvalue weighted by atomic mass is 15.0. The highest BCUT2D eigenvalue weighted by molar-refractivity contribution is 5.90. The van der Waals surface area contributed by atoms with Gasteiger partial charge in [-0.1, -0.05) is 35.9 Å². The molecule has 1 N–H and O–H groups in total. The van der Waals surface area contributed by atoms with Crippen molar-refractivity contribution in [2.24, 2.45) is 0 Å². The molecule has 0 fully saturated rings. The Morgan fingerprint density at radius 1 is 0.947 bits per heavy atom. The normalized spacial score (nSPS) is 10.6. The molecule has 0 aliphatic heterocycles. The Kier molecular flexibility index (Phi) is 2.88. The van der Waals surface area contributed by atoms with Crippen LogP contribution in [0.15, 0.2) is 48.5 Å². The highest BCUT2D eigenvalue weighted by Gasteiger charge is 2.07. The molecule has 0 aliphatic rings. The number of nitrogens with zero attached hydrogens (tertiary/aromatic N) is 2. The summed E-state index contributed by atoms with van der Waals surface area (Å²) in [6.45, 7) is 2.07. The molecule has 0 saturated carbocycles. The molecule has 1 heterocycles. The van der Waals surface area contributed by atoms with Crippen LogP contribution in [0.1, 0.15) is 5.56 Å². The summed E-state index contributed by atoms with van der Waals surface area (Å²) in [5, 5.41) is 4.19. The maximum absolute atomic E-state index is 4.64. The van der Waals surface area contributed by atoms with Gasteiger partial charge in [0.2, 0.25) is 0 Å². The third-order valence-corrected chi connectivity index (χ3v) is 3.12.